The van der Waals surface area contributed by atoms with Crippen molar-refractivity contribution in [3.05, 3.63) is 74.2 Å². The molecule has 0 aliphatic rings. The molecule has 0 radical (unpaired) electrons. The fourth-order valence-corrected chi connectivity index (χ4v) is 2.43. The maximum atomic E-state index is 11.0. The second-order valence-corrected chi connectivity index (χ2v) is 5.91. The van der Waals surface area contributed by atoms with Crippen LogP contribution in [-0.2, 0) is 13.0 Å². The van der Waals surface area contributed by atoms with Crippen molar-refractivity contribution in [3.63, 3.8) is 0 Å². The number of nitrogens with zero attached hydrogens (tertiary/aromatic N) is 1. The summed E-state index contributed by atoms with van der Waals surface area (Å²) in [7, 11) is 0. The highest BCUT2D eigenvalue weighted by Gasteiger charge is 2.12. The Morgan fingerprint density at radius 1 is 1.19 bits per heavy atom. The summed E-state index contributed by atoms with van der Waals surface area (Å²) in [6, 6.07) is 15.3. The number of hydrogen-bond acceptors (Lipinski definition) is 3. The van der Waals surface area contributed by atoms with Crippen LogP contribution in [0.15, 0.2) is 53.0 Å². The smallest absolute Gasteiger partial charge is 0.273 e. The standard InChI is InChI=1S/C16H17BrN2O2/c1-12(10-13-6-8-15(17)9-7-13)18-11-14-4-2-3-5-16(14)19(20)21/h2-9,12,18H,10-11H2,1H3. The van der Waals surface area contributed by atoms with E-state index >= 15 is 0 Å². The van der Waals surface area contributed by atoms with Gasteiger partial charge in [0.25, 0.3) is 5.69 Å². The molecule has 2 rings (SSSR count). The van der Waals surface area contributed by atoms with Gasteiger partial charge in [-0.2, -0.15) is 0 Å². The van der Waals surface area contributed by atoms with Crippen LogP contribution in [0.3, 0.4) is 0 Å². The monoisotopic (exact) mass is 348 g/mol. The number of nitro benzene ring substituents is 1. The van der Waals surface area contributed by atoms with Gasteiger partial charge in [0, 0.05) is 28.7 Å². The van der Waals surface area contributed by atoms with Gasteiger partial charge in [0.05, 0.1) is 4.92 Å². The molecule has 2 aromatic carbocycles. The van der Waals surface area contributed by atoms with Gasteiger partial charge in [-0.25, -0.2) is 0 Å². The largest absolute Gasteiger partial charge is 0.310 e. The van der Waals surface area contributed by atoms with E-state index in [1.54, 1.807) is 12.1 Å². The molecule has 0 spiro atoms. The van der Waals surface area contributed by atoms with Crippen molar-refractivity contribution >= 4 is 21.6 Å². The number of para-hydroxylation sites is 1. The van der Waals surface area contributed by atoms with Gasteiger partial charge in [0.2, 0.25) is 0 Å². The van der Waals surface area contributed by atoms with Crippen molar-refractivity contribution in [1.82, 2.24) is 5.32 Å². The molecule has 0 saturated carbocycles. The Labute approximate surface area is 132 Å². The van der Waals surface area contributed by atoms with Crippen LogP contribution >= 0.6 is 15.9 Å². The number of nitrogens with one attached hydrogen (secondary N) is 1. The van der Waals surface area contributed by atoms with E-state index < -0.39 is 0 Å². The highest BCUT2D eigenvalue weighted by Crippen LogP contribution is 2.17. The fraction of sp³-hybridized carbons (Fsp3) is 0.250. The lowest BCUT2D eigenvalue weighted by Gasteiger charge is -2.14. The summed E-state index contributed by atoms with van der Waals surface area (Å²) in [4.78, 5) is 10.6. The molecule has 0 heterocycles. The van der Waals surface area contributed by atoms with E-state index in [1.807, 2.05) is 18.2 Å². The lowest BCUT2D eigenvalue weighted by molar-refractivity contribution is -0.385. The lowest BCUT2D eigenvalue weighted by atomic mass is 10.1. The Morgan fingerprint density at radius 3 is 2.52 bits per heavy atom. The van der Waals surface area contributed by atoms with Crippen molar-refractivity contribution in [2.75, 3.05) is 0 Å². The molecule has 0 bridgehead atoms. The highest BCUT2D eigenvalue weighted by atomic mass is 79.9. The Kier molecular flexibility index (Phi) is 5.47. The third-order valence-electron chi connectivity index (χ3n) is 3.28. The quantitative estimate of drug-likeness (QED) is 0.632. The Morgan fingerprint density at radius 2 is 1.86 bits per heavy atom. The first-order valence-electron chi connectivity index (χ1n) is 6.76. The molecule has 0 aliphatic heterocycles. The summed E-state index contributed by atoms with van der Waals surface area (Å²) in [5.41, 5.74) is 2.12. The summed E-state index contributed by atoms with van der Waals surface area (Å²) >= 11 is 3.42. The third kappa shape index (κ3) is 4.65. The van der Waals surface area contributed by atoms with Gasteiger partial charge in [-0.05, 0) is 31.0 Å². The molecule has 0 aliphatic carbocycles. The Hall–Kier alpha value is -1.72. The van der Waals surface area contributed by atoms with Crippen LogP contribution in [0.2, 0.25) is 0 Å². The van der Waals surface area contributed by atoms with Crippen molar-refractivity contribution in [2.24, 2.45) is 0 Å². The molecule has 1 N–H and O–H groups in total. The van der Waals surface area contributed by atoms with Crippen molar-refractivity contribution in [3.8, 4) is 0 Å². The van der Waals surface area contributed by atoms with Gasteiger partial charge >= 0.3 is 0 Å². The number of benzene rings is 2. The third-order valence-corrected chi connectivity index (χ3v) is 3.81. The zero-order valence-electron chi connectivity index (χ0n) is 11.8. The summed E-state index contributed by atoms with van der Waals surface area (Å²) < 4.78 is 1.06. The fourth-order valence-electron chi connectivity index (χ4n) is 2.17. The van der Waals surface area contributed by atoms with Crippen molar-refractivity contribution in [2.45, 2.75) is 25.9 Å². The molecule has 1 unspecified atom stereocenters. The van der Waals surface area contributed by atoms with Crippen LogP contribution in [-0.4, -0.2) is 11.0 Å². The molecule has 5 heteroatoms. The predicted octanol–water partition coefficient (Wildman–Crippen LogP) is 4.08. The maximum absolute atomic E-state index is 11.0. The van der Waals surface area contributed by atoms with E-state index in [0.717, 1.165) is 10.9 Å². The number of hydrogen-bond donors (Lipinski definition) is 1. The van der Waals surface area contributed by atoms with Gasteiger partial charge in [0.1, 0.15) is 0 Å². The van der Waals surface area contributed by atoms with Gasteiger partial charge in [-0.1, -0.05) is 46.3 Å². The van der Waals surface area contributed by atoms with Crippen molar-refractivity contribution < 1.29 is 4.92 Å². The molecule has 1 atom stereocenters. The van der Waals surface area contributed by atoms with E-state index in [0.29, 0.717) is 12.1 Å². The first-order valence-corrected chi connectivity index (χ1v) is 7.55. The number of nitro groups is 1. The summed E-state index contributed by atoms with van der Waals surface area (Å²) in [6.07, 6.45) is 0.883. The summed E-state index contributed by atoms with van der Waals surface area (Å²) in [6.45, 7) is 2.58. The van der Waals surface area contributed by atoms with Gasteiger partial charge < -0.3 is 5.32 Å². The predicted molar refractivity (Wildman–Crippen MR) is 87.2 cm³/mol. The molecule has 0 saturated heterocycles. The molecule has 0 amide bonds. The summed E-state index contributed by atoms with van der Waals surface area (Å²) in [5, 5.41) is 14.3. The molecular formula is C16H17BrN2O2. The molecule has 110 valence electrons. The molecule has 0 fully saturated rings. The van der Waals surface area contributed by atoms with Crippen LogP contribution in [0.1, 0.15) is 18.1 Å². The SMILES string of the molecule is CC(Cc1ccc(Br)cc1)NCc1ccccc1[N+](=O)[O-]. The summed E-state index contributed by atoms with van der Waals surface area (Å²) in [5.74, 6) is 0. The molecule has 0 aromatic heterocycles. The van der Waals surface area contributed by atoms with Crippen LogP contribution in [0, 0.1) is 10.1 Å². The van der Waals surface area contributed by atoms with Crippen LogP contribution in [0.4, 0.5) is 5.69 Å². The topological polar surface area (TPSA) is 55.2 Å². The second kappa shape index (κ2) is 7.33. The minimum absolute atomic E-state index is 0.167. The molecular weight excluding hydrogens is 332 g/mol. The van der Waals surface area contributed by atoms with E-state index in [4.69, 9.17) is 0 Å². The van der Waals surface area contributed by atoms with E-state index in [-0.39, 0.29) is 16.7 Å². The minimum Gasteiger partial charge on any atom is -0.310 e. The Bertz CT molecular complexity index is 614. The first kappa shape index (κ1) is 15.7. The van der Waals surface area contributed by atoms with Gasteiger partial charge in [-0.15, -0.1) is 0 Å². The zero-order valence-corrected chi connectivity index (χ0v) is 13.3. The first-order chi connectivity index (χ1) is 10.1. The zero-order chi connectivity index (χ0) is 15.2. The van der Waals surface area contributed by atoms with E-state index in [1.165, 1.54) is 11.6 Å². The van der Waals surface area contributed by atoms with Crippen LogP contribution < -0.4 is 5.32 Å². The highest BCUT2D eigenvalue weighted by molar-refractivity contribution is 9.10. The van der Waals surface area contributed by atoms with E-state index in [9.17, 15) is 10.1 Å². The van der Waals surface area contributed by atoms with Gasteiger partial charge in [-0.3, -0.25) is 10.1 Å². The second-order valence-electron chi connectivity index (χ2n) is 5.00. The number of halogens is 1. The normalized spacial score (nSPS) is 12.1. The van der Waals surface area contributed by atoms with E-state index in [2.05, 4.69) is 40.3 Å². The molecule has 21 heavy (non-hydrogen) atoms. The van der Waals surface area contributed by atoms with Crippen LogP contribution in [0.5, 0.6) is 0 Å². The average Bonchev–Trinajstić information content (AvgIpc) is 2.48. The average molecular weight is 349 g/mol. The van der Waals surface area contributed by atoms with Crippen LogP contribution in [0.25, 0.3) is 0 Å². The maximum Gasteiger partial charge on any atom is 0.273 e. The lowest BCUT2D eigenvalue weighted by Crippen LogP contribution is -2.27. The molecule has 2 aromatic rings. The van der Waals surface area contributed by atoms with Crippen molar-refractivity contribution in [1.29, 1.82) is 0 Å². The van der Waals surface area contributed by atoms with Gasteiger partial charge in [0.15, 0.2) is 0 Å². The Balaban J connectivity index is 1.93. The molecule has 4 nitrogen and oxygen atoms in total. The number of rotatable bonds is 6. The minimum atomic E-state index is -0.337.